The van der Waals surface area contributed by atoms with Crippen LogP contribution in [0.5, 0.6) is 0 Å². The van der Waals surface area contributed by atoms with Crippen molar-refractivity contribution in [2.75, 3.05) is 17.7 Å². The first-order chi connectivity index (χ1) is 14.5. The molecule has 2 aromatic heterocycles. The van der Waals surface area contributed by atoms with Crippen LogP contribution >= 0.6 is 23.1 Å². The predicted octanol–water partition coefficient (Wildman–Crippen LogP) is 3.44. The van der Waals surface area contributed by atoms with Gasteiger partial charge in [0.2, 0.25) is 5.91 Å². The van der Waals surface area contributed by atoms with Crippen LogP contribution in [0.4, 0.5) is 5.13 Å². The Kier molecular flexibility index (Phi) is 5.77. The maximum absolute atomic E-state index is 12.3. The number of thiazole rings is 1. The second-order valence-corrected chi connectivity index (χ2v) is 8.14. The van der Waals surface area contributed by atoms with Gasteiger partial charge in [-0.3, -0.25) is 9.59 Å². The second-order valence-electron chi connectivity index (χ2n) is 6.15. The van der Waals surface area contributed by atoms with Gasteiger partial charge in [-0.05, 0) is 37.3 Å². The molecule has 0 radical (unpaired) electrons. The number of amides is 1. The van der Waals surface area contributed by atoms with Gasteiger partial charge in [0.25, 0.3) is 5.56 Å². The Balaban J connectivity index is 1.43. The zero-order valence-electron chi connectivity index (χ0n) is 15.8. The lowest BCUT2D eigenvalue weighted by molar-refractivity contribution is -0.113. The number of anilines is 1. The van der Waals surface area contributed by atoms with Crippen LogP contribution in [0.25, 0.3) is 21.1 Å². The summed E-state index contributed by atoms with van der Waals surface area (Å²) in [5, 5.41) is 4.04. The van der Waals surface area contributed by atoms with Crippen molar-refractivity contribution < 1.29 is 14.3 Å². The number of nitrogens with zero attached hydrogens (tertiary/aromatic N) is 2. The molecule has 0 spiro atoms. The van der Waals surface area contributed by atoms with Crippen LogP contribution in [-0.2, 0) is 9.53 Å². The number of rotatable bonds is 6. The molecule has 0 saturated carbocycles. The van der Waals surface area contributed by atoms with Gasteiger partial charge in [-0.1, -0.05) is 35.2 Å². The monoisotopic (exact) mass is 440 g/mol. The van der Waals surface area contributed by atoms with E-state index in [2.05, 4.69) is 20.3 Å². The number of para-hydroxylation sites is 1. The van der Waals surface area contributed by atoms with Gasteiger partial charge < -0.3 is 15.0 Å². The van der Waals surface area contributed by atoms with Gasteiger partial charge in [-0.25, -0.2) is 14.8 Å². The molecule has 10 heteroatoms. The number of fused-ring (bicyclic) bond motifs is 2. The van der Waals surface area contributed by atoms with Crippen LogP contribution in [0.15, 0.2) is 52.4 Å². The van der Waals surface area contributed by atoms with Crippen molar-refractivity contribution in [2.24, 2.45) is 0 Å². The summed E-state index contributed by atoms with van der Waals surface area (Å²) in [6.45, 7) is 2.05. The Morgan fingerprint density at radius 3 is 2.83 bits per heavy atom. The summed E-state index contributed by atoms with van der Waals surface area (Å²) in [6.07, 6.45) is 0. The van der Waals surface area contributed by atoms with Gasteiger partial charge in [0, 0.05) is 0 Å². The third kappa shape index (κ3) is 4.34. The van der Waals surface area contributed by atoms with Crippen molar-refractivity contribution in [1.29, 1.82) is 0 Å². The summed E-state index contributed by atoms with van der Waals surface area (Å²) in [5.74, 6) is -0.613. The molecule has 4 aromatic rings. The largest absolute Gasteiger partial charge is 0.462 e. The Bertz CT molecular complexity index is 1320. The lowest BCUT2D eigenvalue weighted by Crippen LogP contribution is -2.15. The van der Waals surface area contributed by atoms with E-state index in [-0.39, 0.29) is 17.2 Å². The van der Waals surface area contributed by atoms with E-state index in [1.165, 1.54) is 11.3 Å². The van der Waals surface area contributed by atoms with E-state index in [0.717, 1.165) is 16.5 Å². The van der Waals surface area contributed by atoms with Crippen LogP contribution in [0.2, 0.25) is 0 Å². The molecule has 8 nitrogen and oxygen atoms in total. The average molecular weight is 441 g/mol. The zero-order chi connectivity index (χ0) is 21.1. The number of thioether (sulfide) groups is 1. The summed E-state index contributed by atoms with van der Waals surface area (Å²) in [5.41, 5.74) is 1.45. The van der Waals surface area contributed by atoms with Crippen molar-refractivity contribution in [2.45, 2.75) is 12.1 Å². The minimum atomic E-state index is -0.397. The molecule has 0 aliphatic rings. The van der Waals surface area contributed by atoms with Crippen molar-refractivity contribution >= 4 is 61.2 Å². The highest BCUT2D eigenvalue weighted by atomic mass is 32.2. The number of aromatic amines is 1. The smallest absolute Gasteiger partial charge is 0.338 e. The molecule has 0 bridgehead atoms. The lowest BCUT2D eigenvalue weighted by Gasteiger charge is -2.03. The van der Waals surface area contributed by atoms with Gasteiger partial charge in [-0.2, -0.15) is 0 Å². The van der Waals surface area contributed by atoms with E-state index in [0.29, 0.717) is 38.9 Å². The van der Waals surface area contributed by atoms with Gasteiger partial charge in [0.15, 0.2) is 10.3 Å². The molecule has 0 fully saturated rings. The number of nitrogens with one attached hydrogen (secondary N) is 2. The van der Waals surface area contributed by atoms with Crippen LogP contribution in [0.1, 0.15) is 17.3 Å². The summed E-state index contributed by atoms with van der Waals surface area (Å²) >= 11 is 2.40. The van der Waals surface area contributed by atoms with Crippen LogP contribution in [-0.4, -0.2) is 39.2 Å². The summed E-state index contributed by atoms with van der Waals surface area (Å²) in [7, 11) is 0. The Morgan fingerprint density at radius 2 is 2.00 bits per heavy atom. The molecular weight excluding hydrogens is 424 g/mol. The van der Waals surface area contributed by atoms with Crippen LogP contribution < -0.4 is 10.9 Å². The summed E-state index contributed by atoms with van der Waals surface area (Å²) in [6, 6.07) is 12.1. The van der Waals surface area contributed by atoms with E-state index in [1.807, 2.05) is 0 Å². The lowest BCUT2D eigenvalue weighted by atomic mass is 10.2. The molecule has 0 aliphatic heterocycles. The number of hydrogen-bond acceptors (Lipinski definition) is 8. The molecule has 2 heterocycles. The van der Waals surface area contributed by atoms with Gasteiger partial charge in [-0.15, -0.1) is 0 Å². The van der Waals surface area contributed by atoms with Crippen molar-refractivity contribution in [3.05, 3.63) is 58.4 Å². The number of benzene rings is 2. The van der Waals surface area contributed by atoms with E-state index >= 15 is 0 Å². The van der Waals surface area contributed by atoms with E-state index in [9.17, 15) is 14.4 Å². The highest BCUT2D eigenvalue weighted by molar-refractivity contribution is 7.99. The number of carbonyl (C=O) groups excluding carboxylic acids is 2. The number of carbonyl (C=O) groups is 2. The summed E-state index contributed by atoms with van der Waals surface area (Å²) < 4.78 is 5.77. The Morgan fingerprint density at radius 1 is 1.17 bits per heavy atom. The molecule has 1 amide bonds. The van der Waals surface area contributed by atoms with E-state index < -0.39 is 5.97 Å². The number of aromatic nitrogens is 3. The molecule has 0 saturated heterocycles. The fraction of sp³-hybridized carbons (Fsp3) is 0.150. The molecule has 4 rings (SSSR count). The third-order valence-corrected chi connectivity index (χ3v) is 5.88. The number of ether oxygens (including phenoxy) is 1. The fourth-order valence-corrected chi connectivity index (χ4v) is 4.33. The SMILES string of the molecule is CCOC(=O)c1ccc2nc(NC(=O)CSc3nc4ccccc4c(=O)[nH]3)sc2c1. The molecule has 0 aliphatic carbocycles. The summed E-state index contributed by atoms with van der Waals surface area (Å²) in [4.78, 5) is 47.7. The number of H-pyrrole nitrogens is 1. The predicted molar refractivity (Wildman–Crippen MR) is 117 cm³/mol. The first kappa shape index (κ1) is 20.0. The first-order valence-electron chi connectivity index (χ1n) is 9.03. The first-order valence-corrected chi connectivity index (χ1v) is 10.8. The topological polar surface area (TPSA) is 114 Å². The molecule has 30 heavy (non-hydrogen) atoms. The van der Waals surface area contributed by atoms with Gasteiger partial charge in [0.05, 0.1) is 39.0 Å². The molecule has 2 N–H and O–H groups in total. The van der Waals surface area contributed by atoms with Crippen molar-refractivity contribution in [3.63, 3.8) is 0 Å². The third-order valence-electron chi connectivity index (χ3n) is 4.08. The molecular formula is C20H16N4O4S2. The molecule has 152 valence electrons. The van der Waals surface area contributed by atoms with E-state index in [1.54, 1.807) is 49.4 Å². The standard InChI is InChI=1S/C20H16N4O4S2/c1-2-28-18(27)11-7-8-14-15(9-11)30-20(22-14)23-16(25)10-29-19-21-13-6-4-3-5-12(13)17(26)24-19/h3-9H,2,10H2,1H3,(H,21,24,26)(H,22,23,25). The highest BCUT2D eigenvalue weighted by Gasteiger charge is 2.13. The van der Waals surface area contributed by atoms with Gasteiger partial charge in [0.1, 0.15) is 0 Å². The second kappa shape index (κ2) is 8.64. The highest BCUT2D eigenvalue weighted by Crippen LogP contribution is 2.27. The number of esters is 1. The minimum Gasteiger partial charge on any atom is -0.462 e. The molecule has 0 unspecified atom stereocenters. The van der Waals surface area contributed by atoms with Crippen molar-refractivity contribution in [3.8, 4) is 0 Å². The normalized spacial score (nSPS) is 11.0. The number of hydrogen-bond donors (Lipinski definition) is 2. The van der Waals surface area contributed by atoms with Crippen LogP contribution in [0, 0.1) is 0 Å². The van der Waals surface area contributed by atoms with Gasteiger partial charge >= 0.3 is 5.97 Å². The maximum Gasteiger partial charge on any atom is 0.338 e. The van der Waals surface area contributed by atoms with Crippen LogP contribution in [0.3, 0.4) is 0 Å². The molecule has 2 aromatic carbocycles. The minimum absolute atomic E-state index is 0.0608. The quantitative estimate of drug-likeness (QED) is 0.268. The average Bonchev–Trinajstić information content (AvgIpc) is 3.14. The van der Waals surface area contributed by atoms with E-state index in [4.69, 9.17) is 4.74 Å². The zero-order valence-corrected chi connectivity index (χ0v) is 17.4. The Hall–Kier alpha value is -3.24. The maximum atomic E-state index is 12.3. The molecule has 0 atom stereocenters. The van der Waals surface area contributed by atoms with Crippen molar-refractivity contribution in [1.82, 2.24) is 15.0 Å². The Labute approximate surface area is 178 Å². The fourth-order valence-electron chi connectivity index (χ4n) is 2.74.